The highest BCUT2D eigenvalue weighted by Crippen LogP contribution is 2.34. The predicted molar refractivity (Wildman–Crippen MR) is 89.9 cm³/mol. The van der Waals surface area contributed by atoms with Crippen LogP contribution in [0.15, 0.2) is 24.3 Å². The molecule has 0 atom stereocenters. The van der Waals surface area contributed by atoms with Gasteiger partial charge in [-0.2, -0.15) is 0 Å². The van der Waals surface area contributed by atoms with Crippen molar-refractivity contribution in [1.82, 2.24) is 0 Å². The number of fused-ring (bicyclic) bond motifs is 1. The second-order valence-electron chi connectivity index (χ2n) is 5.26. The standard InChI is InChI=1S/C17H17NO5S/c1-3-14-10(2)6-15(24-14)17(20)21-8-16(19)18-11-4-5-12-13(7-11)23-9-22-12/h4-7H,3,8-9H2,1-2H3,(H,18,19). The Bertz CT molecular complexity index is 783. The van der Waals surface area contributed by atoms with Crippen molar-refractivity contribution < 1.29 is 23.8 Å². The number of hydrogen-bond donors (Lipinski definition) is 1. The van der Waals surface area contributed by atoms with Gasteiger partial charge in [0.25, 0.3) is 5.91 Å². The van der Waals surface area contributed by atoms with Crippen molar-refractivity contribution in [2.24, 2.45) is 0 Å². The molecule has 0 bridgehead atoms. The minimum atomic E-state index is -0.483. The van der Waals surface area contributed by atoms with Gasteiger partial charge in [-0.3, -0.25) is 4.79 Å². The first-order valence-electron chi connectivity index (χ1n) is 7.52. The lowest BCUT2D eigenvalue weighted by Crippen LogP contribution is -2.20. The van der Waals surface area contributed by atoms with Gasteiger partial charge in [-0.05, 0) is 37.1 Å². The third-order valence-corrected chi connectivity index (χ3v) is 4.90. The summed E-state index contributed by atoms with van der Waals surface area (Å²) in [5.74, 6) is 0.319. The van der Waals surface area contributed by atoms with E-state index in [0.29, 0.717) is 22.1 Å². The molecule has 3 rings (SSSR count). The fourth-order valence-electron chi connectivity index (χ4n) is 2.35. The Morgan fingerprint density at radius 1 is 1.25 bits per heavy atom. The quantitative estimate of drug-likeness (QED) is 0.841. The monoisotopic (exact) mass is 347 g/mol. The Kier molecular flexibility index (Phi) is 4.71. The number of rotatable bonds is 5. The summed E-state index contributed by atoms with van der Waals surface area (Å²) in [6.07, 6.45) is 0.869. The molecule has 0 radical (unpaired) electrons. The number of hydrogen-bond acceptors (Lipinski definition) is 6. The maximum atomic E-state index is 12.0. The van der Waals surface area contributed by atoms with Gasteiger partial charge < -0.3 is 19.5 Å². The molecule has 24 heavy (non-hydrogen) atoms. The second kappa shape index (κ2) is 6.92. The van der Waals surface area contributed by atoms with E-state index in [1.54, 1.807) is 24.3 Å². The maximum absolute atomic E-state index is 12.0. The summed E-state index contributed by atoms with van der Waals surface area (Å²) in [7, 11) is 0. The molecular formula is C17H17NO5S. The van der Waals surface area contributed by atoms with Gasteiger partial charge in [0.2, 0.25) is 6.79 Å². The molecule has 1 aliphatic rings. The van der Waals surface area contributed by atoms with Gasteiger partial charge in [0.05, 0.1) is 0 Å². The molecule has 7 heteroatoms. The molecule has 1 amide bonds. The number of amides is 1. The summed E-state index contributed by atoms with van der Waals surface area (Å²) in [5, 5.41) is 2.66. The number of carbonyl (C=O) groups is 2. The van der Waals surface area contributed by atoms with E-state index in [0.717, 1.165) is 16.9 Å². The van der Waals surface area contributed by atoms with Crippen molar-refractivity contribution in [3.63, 3.8) is 0 Å². The summed E-state index contributed by atoms with van der Waals surface area (Å²) >= 11 is 1.40. The van der Waals surface area contributed by atoms with Crippen LogP contribution in [0.2, 0.25) is 0 Å². The van der Waals surface area contributed by atoms with E-state index < -0.39 is 11.9 Å². The summed E-state index contributed by atoms with van der Waals surface area (Å²) in [5.41, 5.74) is 1.62. The lowest BCUT2D eigenvalue weighted by molar-refractivity contribution is -0.119. The van der Waals surface area contributed by atoms with Crippen molar-refractivity contribution >= 4 is 28.9 Å². The number of thiophene rings is 1. The van der Waals surface area contributed by atoms with Crippen LogP contribution in [0.1, 0.15) is 27.0 Å². The van der Waals surface area contributed by atoms with Crippen LogP contribution in [-0.2, 0) is 16.0 Å². The molecule has 1 N–H and O–H groups in total. The average molecular weight is 347 g/mol. The van der Waals surface area contributed by atoms with Gasteiger partial charge in [-0.15, -0.1) is 11.3 Å². The fourth-order valence-corrected chi connectivity index (χ4v) is 3.35. The van der Waals surface area contributed by atoms with Crippen molar-refractivity contribution in [2.45, 2.75) is 20.3 Å². The third-order valence-electron chi connectivity index (χ3n) is 3.53. The zero-order chi connectivity index (χ0) is 17.1. The topological polar surface area (TPSA) is 73.9 Å². The van der Waals surface area contributed by atoms with Gasteiger partial charge >= 0.3 is 5.97 Å². The van der Waals surface area contributed by atoms with Crippen LogP contribution in [0.25, 0.3) is 0 Å². The Morgan fingerprint density at radius 2 is 2.04 bits per heavy atom. The molecule has 0 aliphatic carbocycles. The maximum Gasteiger partial charge on any atom is 0.348 e. The van der Waals surface area contributed by atoms with E-state index in [1.807, 2.05) is 13.8 Å². The number of nitrogens with one attached hydrogen (secondary N) is 1. The van der Waals surface area contributed by atoms with Gasteiger partial charge in [0.1, 0.15) is 4.88 Å². The lowest BCUT2D eigenvalue weighted by atomic mass is 10.2. The Hall–Kier alpha value is -2.54. The molecular weight excluding hydrogens is 330 g/mol. The molecule has 1 aromatic heterocycles. The molecule has 1 aromatic carbocycles. The fraction of sp³-hybridized carbons (Fsp3) is 0.294. The molecule has 0 saturated heterocycles. The molecule has 0 unspecified atom stereocenters. The Balaban J connectivity index is 1.54. The number of ether oxygens (including phenoxy) is 3. The van der Waals surface area contributed by atoms with Crippen molar-refractivity contribution in [1.29, 1.82) is 0 Å². The largest absolute Gasteiger partial charge is 0.454 e. The molecule has 0 saturated carbocycles. The highest BCUT2D eigenvalue weighted by molar-refractivity contribution is 7.14. The van der Waals surface area contributed by atoms with E-state index in [-0.39, 0.29) is 13.4 Å². The summed E-state index contributed by atoms with van der Waals surface area (Å²) < 4.78 is 15.5. The van der Waals surface area contributed by atoms with Gasteiger partial charge in [0, 0.05) is 16.6 Å². The van der Waals surface area contributed by atoms with Crippen LogP contribution < -0.4 is 14.8 Å². The van der Waals surface area contributed by atoms with Crippen LogP contribution in [0.3, 0.4) is 0 Å². The second-order valence-corrected chi connectivity index (χ2v) is 6.40. The first kappa shape index (κ1) is 16.3. The van der Waals surface area contributed by atoms with E-state index in [9.17, 15) is 9.59 Å². The molecule has 0 fully saturated rings. The van der Waals surface area contributed by atoms with Gasteiger partial charge in [0.15, 0.2) is 18.1 Å². The highest BCUT2D eigenvalue weighted by atomic mass is 32.1. The minimum Gasteiger partial charge on any atom is -0.454 e. The lowest BCUT2D eigenvalue weighted by Gasteiger charge is -2.06. The zero-order valence-electron chi connectivity index (χ0n) is 13.4. The predicted octanol–water partition coefficient (Wildman–Crippen LogP) is 3.14. The summed E-state index contributed by atoms with van der Waals surface area (Å²) in [6.45, 7) is 3.82. The van der Waals surface area contributed by atoms with Crippen LogP contribution in [0.5, 0.6) is 11.5 Å². The minimum absolute atomic E-state index is 0.171. The van der Waals surface area contributed by atoms with Crippen LogP contribution >= 0.6 is 11.3 Å². The van der Waals surface area contributed by atoms with Gasteiger partial charge in [-0.25, -0.2) is 4.79 Å². The van der Waals surface area contributed by atoms with Crippen molar-refractivity contribution in [3.05, 3.63) is 39.6 Å². The number of benzene rings is 1. The first-order chi connectivity index (χ1) is 11.6. The van der Waals surface area contributed by atoms with Crippen LogP contribution in [-0.4, -0.2) is 25.3 Å². The van der Waals surface area contributed by atoms with Crippen molar-refractivity contribution in [3.8, 4) is 11.5 Å². The van der Waals surface area contributed by atoms with Gasteiger partial charge in [-0.1, -0.05) is 6.92 Å². The van der Waals surface area contributed by atoms with E-state index in [1.165, 1.54) is 11.3 Å². The molecule has 126 valence electrons. The molecule has 2 heterocycles. The Labute approximate surface area is 143 Å². The van der Waals surface area contributed by atoms with E-state index in [2.05, 4.69) is 5.32 Å². The Morgan fingerprint density at radius 3 is 2.79 bits per heavy atom. The van der Waals surface area contributed by atoms with E-state index >= 15 is 0 Å². The number of anilines is 1. The summed E-state index contributed by atoms with van der Waals surface area (Å²) in [4.78, 5) is 25.6. The number of carbonyl (C=O) groups excluding carboxylic acids is 2. The molecule has 0 spiro atoms. The normalized spacial score (nSPS) is 12.1. The zero-order valence-corrected chi connectivity index (χ0v) is 14.2. The van der Waals surface area contributed by atoms with Crippen molar-refractivity contribution in [2.75, 3.05) is 18.7 Å². The summed E-state index contributed by atoms with van der Waals surface area (Å²) in [6, 6.07) is 6.87. The van der Waals surface area contributed by atoms with Crippen LogP contribution in [0.4, 0.5) is 5.69 Å². The van der Waals surface area contributed by atoms with E-state index in [4.69, 9.17) is 14.2 Å². The number of aryl methyl sites for hydroxylation is 2. The highest BCUT2D eigenvalue weighted by Gasteiger charge is 2.16. The van der Waals surface area contributed by atoms with Crippen LogP contribution in [0, 0.1) is 6.92 Å². The third kappa shape index (κ3) is 3.51. The first-order valence-corrected chi connectivity index (χ1v) is 8.34. The molecule has 2 aromatic rings. The number of esters is 1. The SMILES string of the molecule is CCc1sc(C(=O)OCC(=O)Nc2ccc3c(c2)OCO3)cc1C. The average Bonchev–Trinajstić information content (AvgIpc) is 3.18. The molecule has 6 nitrogen and oxygen atoms in total. The molecule has 1 aliphatic heterocycles. The smallest absolute Gasteiger partial charge is 0.348 e.